The van der Waals surface area contributed by atoms with E-state index >= 15 is 0 Å². The monoisotopic (exact) mass is 186 g/mol. The zero-order valence-corrected chi connectivity index (χ0v) is 8.13. The van der Waals surface area contributed by atoms with Gasteiger partial charge in [-0.15, -0.1) is 0 Å². The number of aryl methyl sites for hydroxylation is 1. The van der Waals surface area contributed by atoms with Crippen molar-refractivity contribution in [2.24, 2.45) is 9.98 Å². The summed E-state index contributed by atoms with van der Waals surface area (Å²) >= 11 is 0. The molecule has 14 heavy (non-hydrogen) atoms. The van der Waals surface area contributed by atoms with Crippen LogP contribution in [0.5, 0.6) is 0 Å². The lowest BCUT2D eigenvalue weighted by Crippen LogP contribution is -2.02. The zero-order valence-electron chi connectivity index (χ0n) is 8.13. The van der Waals surface area contributed by atoms with Gasteiger partial charge in [-0.1, -0.05) is 30.3 Å². The van der Waals surface area contributed by atoms with Crippen LogP contribution < -0.4 is 0 Å². The molecule has 72 valence electrons. The van der Waals surface area contributed by atoms with Crippen LogP contribution in [0.3, 0.4) is 0 Å². The van der Waals surface area contributed by atoms with Gasteiger partial charge in [-0.2, -0.15) is 0 Å². The zero-order chi connectivity index (χ0) is 9.64. The lowest BCUT2D eigenvalue weighted by molar-refractivity contribution is 0.703. The molecule has 1 aromatic carbocycles. The smallest absolute Gasteiger partial charge is 0.110 e. The van der Waals surface area contributed by atoms with E-state index in [2.05, 4.69) is 40.3 Å². The molecule has 0 radical (unpaired) electrons. The van der Waals surface area contributed by atoms with Crippen LogP contribution in [0.2, 0.25) is 0 Å². The van der Waals surface area contributed by atoms with Crippen LogP contribution in [0.4, 0.5) is 0 Å². The molecular formula is C12H14N2. The van der Waals surface area contributed by atoms with E-state index in [-0.39, 0.29) is 0 Å². The fourth-order valence-corrected chi connectivity index (χ4v) is 1.61. The Kier molecular flexibility index (Phi) is 3.06. The summed E-state index contributed by atoms with van der Waals surface area (Å²) in [5, 5.41) is 0. The number of nitrogens with zero attached hydrogens (tertiary/aromatic N) is 2. The molecule has 0 fully saturated rings. The van der Waals surface area contributed by atoms with Gasteiger partial charge in [0, 0.05) is 6.21 Å². The van der Waals surface area contributed by atoms with Gasteiger partial charge < -0.3 is 0 Å². The van der Waals surface area contributed by atoms with Crippen molar-refractivity contribution >= 4 is 12.6 Å². The fraction of sp³-hybridized carbons (Fsp3) is 0.333. The van der Waals surface area contributed by atoms with Crippen molar-refractivity contribution in [2.45, 2.75) is 25.3 Å². The molecule has 2 heteroatoms. The first-order chi connectivity index (χ1) is 6.95. The Balaban J connectivity index is 1.73. The summed E-state index contributed by atoms with van der Waals surface area (Å²) in [6.07, 6.45) is 6.99. The second-order valence-corrected chi connectivity index (χ2v) is 3.51. The number of hydrogen-bond acceptors (Lipinski definition) is 2. The molecule has 2 nitrogen and oxygen atoms in total. The summed E-state index contributed by atoms with van der Waals surface area (Å²) in [5.74, 6) is 0. The Morgan fingerprint density at radius 2 is 2.00 bits per heavy atom. The highest BCUT2D eigenvalue weighted by Crippen LogP contribution is 2.08. The van der Waals surface area contributed by atoms with Crippen LogP contribution in [0.1, 0.15) is 18.4 Å². The molecule has 0 N–H and O–H groups in total. The third-order valence-corrected chi connectivity index (χ3v) is 2.39. The summed E-state index contributed by atoms with van der Waals surface area (Å²) < 4.78 is 0. The molecule has 0 bridgehead atoms. The maximum Gasteiger partial charge on any atom is 0.110 e. The second-order valence-electron chi connectivity index (χ2n) is 3.51. The van der Waals surface area contributed by atoms with E-state index in [4.69, 9.17) is 0 Å². The average molecular weight is 186 g/mol. The van der Waals surface area contributed by atoms with Crippen LogP contribution in [0.15, 0.2) is 40.3 Å². The normalized spacial score (nSPS) is 19.0. The van der Waals surface area contributed by atoms with Crippen molar-refractivity contribution < 1.29 is 0 Å². The van der Waals surface area contributed by atoms with Gasteiger partial charge >= 0.3 is 0 Å². The highest BCUT2D eigenvalue weighted by atomic mass is 14.9. The summed E-state index contributed by atoms with van der Waals surface area (Å²) in [6, 6.07) is 10.9. The number of hydrogen-bond donors (Lipinski definition) is 0. The van der Waals surface area contributed by atoms with Gasteiger partial charge in [0.15, 0.2) is 0 Å². The molecule has 0 amide bonds. The van der Waals surface area contributed by atoms with E-state index in [9.17, 15) is 0 Å². The van der Waals surface area contributed by atoms with E-state index in [0.717, 1.165) is 12.8 Å². The van der Waals surface area contributed by atoms with E-state index in [0.29, 0.717) is 6.04 Å². The van der Waals surface area contributed by atoms with Gasteiger partial charge in [0.05, 0.1) is 6.04 Å². The first kappa shape index (κ1) is 9.13. The van der Waals surface area contributed by atoms with E-state index < -0.39 is 0 Å². The molecule has 1 aliphatic rings. The molecule has 0 aliphatic carbocycles. The minimum Gasteiger partial charge on any atom is -0.264 e. The van der Waals surface area contributed by atoms with Gasteiger partial charge in [0.2, 0.25) is 0 Å². The minimum absolute atomic E-state index is 0.332. The van der Waals surface area contributed by atoms with Gasteiger partial charge in [0.25, 0.3) is 0 Å². The minimum atomic E-state index is 0.332. The van der Waals surface area contributed by atoms with Gasteiger partial charge in [-0.25, -0.2) is 4.99 Å². The first-order valence-corrected chi connectivity index (χ1v) is 5.04. The molecule has 0 saturated carbocycles. The summed E-state index contributed by atoms with van der Waals surface area (Å²) in [5.41, 5.74) is 1.41. The second kappa shape index (κ2) is 4.70. The van der Waals surface area contributed by atoms with Crippen LogP contribution in [0, 0.1) is 0 Å². The first-order valence-electron chi connectivity index (χ1n) is 5.04. The van der Waals surface area contributed by atoms with Crippen LogP contribution >= 0.6 is 0 Å². The lowest BCUT2D eigenvalue weighted by atomic mass is 10.1. The van der Waals surface area contributed by atoms with Gasteiger partial charge in [-0.3, -0.25) is 4.99 Å². The van der Waals surface area contributed by atoms with Crippen molar-refractivity contribution in [3.63, 3.8) is 0 Å². The quantitative estimate of drug-likeness (QED) is 0.690. The van der Waals surface area contributed by atoms with Crippen LogP contribution in [-0.4, -0.2) is 18.6 Å². The number of aliphatic imine (C=N–C) groups is 2. The SMILES string of the molecule is C1=NC=NC1CCCc1ccccc1. The molecule has 1 unspecified atom stereocenters. The molecule has 1 aliphatic heterocycles. The molecule has 1 aromatic rings. The molecule has 1 atom stereocenters. The number of benzene rings is 1. The highest BCUT2D eigenvalue weighted by molar-refractivity contribution is 5.82. The van der Waals surface area contributed by atoms with Crippen molar-refractivity contribution in [3.8, 4) is 0 Å². The maximum absolute atomic E-state index is 4.22. The van der Waals surface area contributed by atoms with E-state index in [1.807, 2.05) is 6.21 Å². The summed E-state index contributed by atoms with van der Waals surface area (Å²) in [7, 11) is 0. The Labute approximate surface area is 84.4 Å². The lowest BCUT2D eigenvalue weighted by Gasteiger charge is -2.03. The fourth-order valence-electron chi connectivity index (χ4n) is 1.61. The molecule has 1 heterocycles. The van der Waals surface area contributed by atoms with Crippen molar-refractivity contribution in [1.82, 2.24) is 0 Å². The third kappa shape index (κ3) is 2.52. The molecular weight excluding hydrogens is 172 g/mol. The van der Waals surface area contributed by atoms with E-state index in [1.165, 1.54) is 12.0 Å². The molecule has 0 spiro atoms. The number of rotatable bonds is 4. The molecule has 0 saturated heterocycles. The maximum atomic E-state index is 4.22. The largest absolute Gasteiger partial charge is 0.264 e. The van der Waals surface area contributed by atoms with Crippen LogP contribution in [0.25, 0.3) is 0 Å². The summed E-state index contributed by atoms with van der Waals surface area (Å²) in [6.45, 7) is 0. The Bertz CT molecular complexity index is 315. The molecule has 2 rings (SSSR count). The topological polar surface area (TPSA) is 24.7 Å². The Morgan fingerprint density at radius 1 is 1.14 bits per heavy atom. The van der Waals surface area contributed by atoms with Gasteiger partial charge in [0.1, 0.15) is 6.34 Å². The molecule has 0 aromatic heterocycles. The predicted molar refractivity (Wildman–Crippen MR) is 60.2 cm³/mol. The Morgan fingerprint density at radius 3 is 2.71 bits per heavy atom. The van der Waals surface area contributed by atoms with Gasteiger partial charge in [-0.05, 0) is 24.8 Å². The van der Waals surface area contributed by atoms with E-state index in [1.54, 1.807) is 6.34 Å². The van der Waals surface area contributed by atoms with Crippen molar-refractivity contribution in [2.75, 3.05) is 0 Å². The van der Waals surface area contributed by atoms with Crippen LogP contribution in [-0.2, 0) is 6.42 Å². The highest BCUT2D eigenvalue weighted by Gasteiger charge is 2.05. The van der Waals surface area contributed by atoms with Crippen molar-refractivity contribution in [3.05, 3.63) is 35.9 Å². The summed E-state index contributed by atoms with van der Waals surface area (Å²) in [4.78, 5) is 8.19. The average Bonchev–Trinajstić information content (AvgIpc) is 2.72. The third-order valence-electron chi connectivity index (χ3n) is 2.39. The Hall–Kier alpha value is -1.44. The van der Waals surface area contributed by atoms with Crippen molar-refractivity contribution in [1.29, 1.82) is 0 Å². The predicted octanol–water partition coefficient (Wildman–Crippen LogP) is 2.49. The standard InChI is InChI=1S/C12H14N2/c1-2-5-11(6-3-1)7-4-8-12-9-13-10-14-12/h1-3,5-6,9-10,12H,4,7-8H2.